The average molecular weight is 292 g/mol. The van der Waals surface area contributed by atoms with Crippen LogP contribution in [0.3, 0.4) is 0 Å². The lowest BCUT2D eigenvalue weighted by Crippen LogP contribution is -2.33. The molecule has 118 valence electrons. The number of fused-ring (bicyclic) bond motifs is 1. The van der Waals surface area contributed by atoms with Crippen LogP contribution in [0.25, 0.3) is 0 Å². The van der Waals surface area contributed by atoms with E-state index >= 15 is 0 Å². The number of methoxy groups -OCH3 is 1. The van der Waals surface area contributed by atoms with Crippen molar-refractivity contribution in [1.29, 1.82) is 0 Å². The zero-order valence-electron chi connectivity index (χ0n) is 13.5. The van der Waals surface area contributed by atoms with Gasteiger partial charge in [0.2, 0.25) is 0 Å². The molecule has 21 heavy (non-hydrogen) atoms. The Morgan fingerprint density at radius 2 is 2.24 bits per heavy atom. The molecule has 2 rings (SSSR count). The Kier molecular flexibility index (Phi) is 6.03. The highest BCUT2D eigenvalue weighted by Gasteiger charge is 2.24. The van der Waals surface area contributed by atoms with Gasteiger partial charge in [-0.3, -0.25) is 4.90 Å². The van der Waals surface area contributed by atoms with Gasteiger partial charge in [-0.2, -0.15) is 0 Å². The number of aliphatic hydroxyl groups excluding tert-OH is 1. The van der Waals surface area contributed by atoms with Gasteiger partial charge in [0.05, 0.1) is 7.11 Å². The largest absolute Gasteiger partial charge is 0.496 e. The average Bonchev–Trinajstić information content (AvgIpc) is 2.51. The van der Waals surface area contributed by atoms with Crippen LogP contribution in [0.4, 0.5) is 0 Å². The Labute approximate surface area is 128 Å². The fraction of sp³-hybridized carbons (Fsp3) is 0.647. The number of hydrogen-bond donors (Lipinski definition) is 2. The third kappa shape index (κ3) is 3.76. The highest BCUT2D eigenvalue weighted by molar-refractivity contribution is 5.45. The third-order valence-corrected chi connectivity index (χ3v) is 4.44. The number of aliphatic hydroxyl groups is 1. The summed E-state index contributed by atoms with van der Waals surface area (Å²) < 4.78 is 5.58. The van der Waals surface area contributed by atoms with Gasteiger partial charge in [0.25, 0.3) is 0 Å². The molecule has 1 aliphatic heterocycles. The van der Waals surface area contributed by atoms with Gasteiger partial charge < -0.3 is 15.2 Å². The second-order valence-electron chi connectivity index (χ2n) is 5.67. The number of rotatable bonds is 7. The molecule has 0 saturated heterocycles. The van der Waals surface area contributed by atoms with E-state index in [2.05, 4.69) is 36.2 Å². The van der Waals surface area contributed by atoms with Gasteiger partial charge >= 0.3 is 0 Å². The van der Waals surface area contributed by atoms with Crippen molar-refractivity contribution in [3.63, 3.8) is 0 Å². The van der Waals surface area contributed by atoms with E-state index in [9.17, 15) is 0 Å². The number of ether oxygens (including phenoxy) is 1. The first kappa shape index (κ1) is 16.3. The Morgan fingerprint density at radius 3 is 2.90 bits per heavy atom. The highest BCUT2D eigenvalue weighted by atomic mass is 16.5. The first-order valence-corrected chi connectivity index (χ1v) is 7.96. The predicted molar refractivity (Wildman–Crippen MR) is 85.8 cm³/mol. The summed E-state index contributed by atoms with van der Waals surface area (Å²) in [6, 6.07) is 4.97. The van der Waals surface area contributed by atoms with Crippen LogP contribution in [0, 0.1) is 0 Å². The van der Waals surface area contributed by atoms with Crippen molar-refractivity contribution in [3.8, 4) is 5.75 Å². The summed E-state index contributed by atoms with van der Waals surface area (Å²) in [6.07, 6.45) is 1.90. The van der Waals surface area contributed by atoms with E-state index < -0.39 is 0 Å². The van der Waals surface area contributed by atoms with Gasteiger partial charge in [0, 0.05) is 31.3 Å². The van der Waals surface area contributed by atoms with Gasteiger partial charge in [0.15, 0.2) is 0 Å². The van der Waals surface area contributed by atoms with Crippen LogP contribution in [-0.2, 0) is 13.0 Å². The summed E-state index contributed by atoms with van der Waals surface area (Å²) >= 11 is 0. The minimum atomic E-state index is 0.235. The molecule has 0 amide bonds. The Morgan fingerprint density at radius 1 is 1.43 bits per heavy atom. The Balaban J connectivity index is 2.17. The summed E-state index contributed by atoms with van der Waals surface area (Å²) in [5, 5.41) is 12.2. The molecule has 1 heterocycles. The van der Waals surface area contributed by atoms with E-state index in [0.717, 1.165) is 44.8 Å². The van der Waals surface area contributed by atoms with Crippen molar-refractivity contribution in [2.75, 3.05) is 33.4 Å². The first-order valence-electron chi connectivity index (χ1n) is 7.96. The van der Waals surface area contributed by atoms with Gasteiger partial charge in [0.1, 0.15) is 5.75 Å². The molecule has 1 aromatic rings. The molecular formula is C17H28N2O2. The Bertz CT molecular complexity index is 462. The van der Waals surface area contributed by atoms with Crippen LogP contribution in [0.15, 0.2) is 12.1 Å². The van der Waals surface area contributed by atoms with Crippen molar-refractivity contribution in [2.24, 2.45) is 0 Å². The van der Waals surface area contributed by atoms with Crippen LogP contribution < -0.4 is 10.1 Å². The maximum atomic E-state index is 8.83. The highest BCUT2D eigenvalue weighted by Crippen LogP contribution is 2.34. The second kappa shape index (κ2) is 7.78. The number of nitrogens with zero attached hydrogens (tertiary/aromatic N) is 1. The van der Waals surface area contributed by atoms with E-state index in [-0.39, 0.29) is 6.61 Å². The molecule has 0 saturated carbocycles. The molecule has 0 fully saturated rings. The molecule has 0 aromatic heterocycles. The van der Waals surface area contributed by atoms with Gasteiger partial charge in [-0.15, -0.1) is 0 Å². The molecule has 1 unspecified atom stereocenters. The number of likely N-dealkylation sites (N-methyl/N-ethyl adjacent to an activating group) is 1. The van der Waals surface area contributed by atoms with E-state index in [1.807, 2.05) is 0 Å². The van der Waals surface area contributed by atoms with Crippen molar-refractivity contribution in [1.82, 2.24) is 10.2 Å². The predicted octanol–water partition coefficient (Wildman–Crippen LogP) is 2.11. The van der Waals surface area contributed by atoms with Crippen molar-refractivity contribution in [3.05, 3.63) is 28.8 Å². The molecular weight excluding hydrogens is 264 g/mol. The number of nitrogens with one attached hydrogen (secondary N) is 1. The third-order valence-electron chi connectivity index (χ3n) is 4.44. The van der Waals surface area contributed by atoms with Crippen LogP contribution in [0.5, 0.6) is 5.75 Å². The van der Waals surface area contributed by atoms with Crippen molar-refractivity contribution in [2.45, 2.75) is 39.3 Å². The monoisotopic (exact) mass is 292 g/mol. The summed E-state index contributed by atoms with van der Waals surface area (Å²) in [5.41, 5.74) is 4.07. The van der Waals surface area contributed by atoms with Crippen LogP contribution >= 0.6 is 0 Å². The molecule has 1 aromatic carbocycles. The molecule has 0 radical (unpaired) electrons. The maximum Gasteiger partial charge on any atom is 0.123 e. The van der Waals surface area contributed by atoms with E-state index in [0.29, 0.717) is 6.04 Å². The van der Waals surface area contributed by atoms with E-state index in [4.69, 9.17) is 9.84 Å². The fourth-order valence-corrected chi connectivity index (χ4v) is 3.14. The van der Waals surface area contributed by atoms with Gasteiger partial charge in [-0.05, 0) is 50.0 Å². The second-order valence-corrected chi connectivity index (χ2v) is 5.67. The quantitative estimate of drug-likeness (QED) is 0.756. The first-order chi connectivity index (χ1) is 10.2. The number of hydrogen-bond acceptors (Lipinski definition) is 4. The van der Waals surface area contributed by atoms with Crippen LogP contribution in [-0.4, -0.2) is 43.4 Å². The lowest BCUT2D eigenvalue weighted by Gasteiger charge is -2.35. The zero-order valence-corrected chi connectivity index (χ0v) is 13.5. The number of benzene rings is 1. The van der Waals surface area contributed by atoms with Gasteiger partial charge in [-0.25, -0.2) is 0 Å². The summed E-state index contributed by atoms with van der Waals surface area (Å²) in [6.45, 7) is 8.58. The lowest BCUT2D eigenvalue weighted by molar-refractivity contribution is 0.209. The molecule has 1 aliphatic rings. The molecule has 1 atom stereocenters. The lowest BCUT2D eigenvalue weighted by atomic mass is 9.91. The SMILES string of the molecule is CCN1CCc2cc(CNCCCO)c(OC)cc2C1C. The van der Waals surface area contributed by atoms with Crippen molar-refractivity contribution >= 4 is 0 Å². The summed E-state index contributed by atoms with van der Waals surface area (Å²) in [5.74, 6) is 0.968. The smallest absolute Gasteiger partial charge is 0.123 e. The zero-order chi connectivity index (χ0) is 15.2. The molecule has 0 bridgehead atoms. The molecule has 4 nitrogen and oxygen atoms in total. The van der Waals surface area contributed by atoms with Crippen molar-refractivity contribution < 1.29 is 9.84 Å². The molecule has 2 N–H and O–H groups in total. The molecule has 0 aliphatic carbocycles. The fourth-order valence-electron chi connectivity index (χ4n) is 3.14. The molecule has 4 heteroatoms. The summed E-state index contributed by atoms with van der Waals surface area (Å²) in [4.78, 5) is 2.50. The summed E-state index contributed by atoms with van der Waals surface area (Å²) in [7, 11) is 1.74. The minimum absolute atomic E-state index is 0.235. The van der Waals surface area contributed by atoms with E-state index in [1.165, 1.54) is 16.7 Å². The Hall–Kier alpha value is -1.10. The van der Waals surface area contributed by atoms with Crippen LogP contribution in [0.2, 0.25) is 0 Å². The van der Waals surface area contributed by atoms with Crippen LogP contribution in [0.1, 0.15) is 43.0 Å². The minimum Gasteiger partial charge on any atom is -0.496 e. The molecule has 0 spiro atoms. The standard InChI is InChI=1S/C17H28N2O2/c1-4-19-8-6-14-10-15(12-18-7-5-9-20)17(21-3)11-16(14)13(19)2/h10-11,13,18,20H,4-9,12H2,1-3H3. The topological polar surface area (TPSA) is 44.7 Å². The normalized spacial score (nSPS) is 18.6. The van der Waals surface area contributed by atoms with E-state index in [1.54, 1.807) is 7.11 Å². The maximum absolute atomic E-state index is 8.83. The van der Waals surface area contributed by atoms with Gasteiger partial charge in [-0.1, -0.05) is 13.0 Å².